The molecule has 0 saturated heterocycles. The second kappa shape index (κ2) is 8.19. The van der Waals surface area contributed by atoms with Gasteiger partial charge in [-0.1, -0.05) is 32.0 Å². The smallest absolute Gasteiger partial charge is 0.331 e. The number of halogens is 1. The van der Waals surface area contributed by atoms with Crippen LogP contribution < -0.4 is 5.32 Å². The third kappa shape index (κ3) is 6.21. The zero-order valence-corrected chi connectivity index (χ0v) is 12.4. The Balaban J connectivity index is 2.41. The van der Waals surface area contributed by atoms with Crippen LogP contribution in [0.1, 0.15) is 26.3 Å². The van der Waals surface area contributed by atoms with Crippen molar-refractivity contribution in [3.63, 3.8) is 0 Å². The summed E-state index contributed by atoms with van der Waals surface area (Å²) in [6.07, 6.45) is 2.41. The van der Waals surface area contributed by atoms with Gasteiger partial charge in [0.1, 0.15) is 5.82 Å². The average molecular weight is 293 g/mol. The zero-order chi connectivity index (χ0) is 15.8. The standard InChI is InChI=1S/C16H20FNO3/c1-11(2)12(3)18-15(19)10-21-16(20)9-8-13-6-4-5-7-14(13)17/h4-9,11-12H,10H2,1-3H3,(H,18,19)/b9-8+/t12-/m0/s1. The average Bonchev–Trinajstić information content (AvgIpc) is 2.44. The van der Waals surface area contributed by atoms with Crippen LogP contribution in [0.25, 0.3) is 6.08 Å². The van der Waals surface area contributed by atoms with Crippen LogP contribution in [-0.4, -0.2) is 24.5 Å². The fourth-order valence-corrected chi connectivity index (χ4v) is 1.42. The summed E-state index contributed by atoms with van der Waals surface area (Å²) in [6.45, 7) is 5.49. The molecule has 1 atom stereocenters. The first kappa shape index (κ1) is 16.9. The van der Waals surface area contributed by atoms with Crippen molar-refractivity contribution in [2.24, 2.45) is 5.92 Å². The highest BCUT2D eigenvalue weighted by Crippen LogP contribution is 2.08. The van der Waals surface area contributed by atoms with E-state index in [-0.39, 0.29) is 24.1 Å². The maximum Gasteiger partial charge on any atom is 0.331 e. The molecule has 0 fully saturated rings. The van der Waals surface area contributed by atoms with Crippen LogP contribution in [0.15, 0.2) is 30.3 Å². The van der Waals surface area contributed by atoms with Crippen molar-refractivity contribution in [2.75, 3.05) is 6.61 Å². The van der Waals surface area contributed by atoms with E-state index in [2.05, 4.69) is 5.32 Å². The monoisotopic (exact) mass is 293 g/mol. The van der Waals surface area contributed by atoms with E-state index in [4.69, 9.17) is 4.74 Å². The van der Waals surface area contributed by atoms with Crippen molar-refractivity contribution >= 4 is 18.0 Å². The summed E-state index contributed by atoms with van der Waals surface area (Å²) in [5.41, 5.74) is 0.285. The van der Waals surface area contributed by atoms with Gasteiger partial charge in [-0.05, 0) is 25.0 Å². The molecule has 0 aliphatic rings. The molecule has 0 bridgehead atoms. The lowest BCUT2D eigenvalue weighted by Crippen LogP contribution is -2.38. The minimum Gasteiger partial charge on any atom is -0.452 e. The van der Waals surface area contributed by atoms with Crippen molar-refractivity contribution in [3.8, 4) is 0 Å². The fraction of sp³-hybridized carbons (Fsp3) is 0.375. The van der Waals surface area contributed by atoms with Crippen molar-refractivity contribution in [1.82, 2.24) is 5.32 Å². The predicted molar refractivity (Wildman–Crippen MR) is 78.8 cm³/mol. The number of esters is 1. The van der Waals surface area contributed by atoms with Gasteiger partial charge in [-0.3, -0.25) is 4.79 Å². The van der Waals surface area contributed by atoms with Gasteiger partial charge in [0, 0.05) is 17.7 Å². The van der Waals surface area contributed by atoms with Crippen molar-refractivity contribution in [3.05, 3.63) is 41.7 Å². The highest BCUT2D eigenvalue weighted by Gasteiger charge is 2.11. The van der Waals surface area contributed by atoms with E-state index in [1.807, 2.05) is 20.8 Å². The summed E-state index contributed by atoms with van der Waals surface area (Å²) in [5, 5.41) is 2.72. The van der Waals surface area contributed by atoms with Gasteiger partial charge in [-0.15, -0.1) is 0 Å². The summed E-state index contributed by atoms with van der Waals surface area (Å²) in [4.78, 5) is 23.0. The Morgan fingerprint density at radius 1 is 1.29 bits per heavy atom. The molecule has 0 saturated carbocycles. The predicted octanol–water partition coefficient (Wildman–Crippen LogP) is 2.54. The molecule has 0 aliphatic carbocycles. The molecule has 0 heterocycles. The molecular formula is C16H20FNO3. The number of rotatable bonds is 6. The summed E-state index contributed by atoms with van der Waals surface area (Å²) in [6, 6.07) is 6.06. The molecule has 1 aromatic carbocycles. The maximum atomic E-state index is 13.3. The van der Waals surface area contributed by atoms with Gasteiger partial charge in [0.05, 0.1) is 0 Å². The van der Waals surface area contributed by atoms with Crippen LogP contribution in [-0.2, 0) is 14.3 Å². The van der Waals surface area contributed by atoms with Crippen LogP contribution in [0, 0.1) is 11.7 Å². The molecule has 1 aromatic rings. The van der Waals surface area contributed by atoms with Crippen molar-refractivity contribution in [1.29, 1.82) is 0 Å². The molecule has 1 amide bonds. The number of ether oxygens (including phenoxy) is 1. The lowest BCUT2D eigenvalue weighted by Gasteiger charge is -2.16. The molecule has 5 heteroatoms. The molecule has 0 unspecified atom stereocenters. The lowest BCUT2D eigenvalue weighted by atomic mass is 10.1. The molecule has 0 aromatic heterocycles. The maximum absolute atomic E-state index is 13.3. The Hall–Kier alpha value is -2.17. The molecule has 21 heavy (non-hydrogen) atoms. The summed E-state index contributed by atoms with van der Waals surface area (Å²) >= 11 is 0. The number of hydrogen-bond donors (Lipinski definition) is 1. The van der Waals surface area contributed by atoms with Crippen LogP contribution in [0.5, 0.6) is 0 Å². The molecule has 114 valence electrons. The lowest BCUT2D eigenvalue weighted by molar-refractivity contribution is -0.144. The zero-order valence-electron chi connectivity index (χ0n) is 12.4. The molecule has 1 rings (SSSR count). The minimum absolute atomic E-state index is 0.00478. The van der Waals surface area contributed by atoms with Crippen LogP contribution in [0.4, 0.5) is 4.39 Å². The highest BCUT2D eigenvalue weighted by molar-refractivity contribution is 5.89. The summed E-state index contributed by atoms with van der Waals surface area (Å²) in [7, 11) is 0. The van der Waals surface area contributed by atoms with E-state index in [0.29, 0.717) is 5.92 Å². The van der Waals surface area contributed by atoms with E-state index in [9.17, 15) is 14.0 Å². The highest BCUT2D eigenvalue weighted by atomic mass is 19.1. The Kier molecular flexibility index (Phi) is 6.59. The van der Waals surface area contributed by atoms with E-state index >= 15 is 0 Å². The van der Waals surface area contributed by atoms with Crippen LogP contribution in [0.3, 0.4) is 0 Å². The van der Waals surface area contributed by atoms with Gasteiger partial charge < -0.3 is 10.1 Å². The third-order valence-electron chi connectivity index (χ3n) is 3.04. The number of amides is 1. The first-order chi connectivity index (χ1) is 9.90. The van der Waals surface area contributed by atoms with Crippen molar-refractivity contribution in [2.45, 2.75) is 26.8 Å². The minimum atomic E-state index is -0.689. The summed E-state index contributed by atoms with van der Waals surface area (Å²) in [5.74, 6) is -1.18. The molecular weight excluding hydrogens is 273 g/mol. The SMILES string of the molecule is CC(C)[C@H](C)NC(=O)COC(=O)/C=C/c1ccccc1F. The number of benzene rings is 1. The molecule has 0 spiro atoms. The number of carbonyl (C=O) groups is 2. The third-order valence-corrected chi connectivity index (χ3v) is 3.04. The number of nitrogens with one attached hydrogen (secondary N) is 1. The van der Waals surface area contributed by atoms with Gasteiger partial charge in [0.2, 0.25) is 0 Å². The quantitative estimate of drug-likeness (QED) is 0.648. The Bertz CT molecular complexity index is 526. The molecule has 0 radical (unpaired) electrons. The second-order valence-corrected chi connectivity index (χ2v) is 5.06. The van der Waals surface area contributed by atoms with E-state index in [1.165, 1.54) is 18.2 Å². The van der Waals surface area contributed by atoms with Gasteiger partial charge in [-0.2, -0.15) is 0 Å². The van der Waals surface area contributed by atoms with E-state index in [0.717, 1.165) is 6.08 Å². The normalized spacial score (nSPS) is 12.4. The Morgan fingerprint density at radius 3 is 2.57 bits per heavy atom. The topological polar surface area (TPSA) is 55.4 Å². The van der Waals surface area contributed by atoms with Gasteiger partial charge in [-0.25, -0.2) is 9.18 Å². The molecule has 1 N–H and O–H groups in total. The Morgan fingerprint density at radius 2 is 1.95 bits per heavy atom. The van der Waals surface area contributed by atoms with E-state index in [1.54, 1.807) is 12.1 Å². The van der Waals surface area contributed by atoms with Gasteiger partial charge >= 0.3 is 5.97 Å². The first-order valence-corrected chi connectivity index (χ1v) is 6.79. The van der Waals surface area contributed by atoms with Crippen molar-refractivity contribution < 1.29 is 18.7 Å². The summed E-state index contributed by atoms with van der Waals surface area (Å²) < 4.78 is 18.1. The van der Waals surface area contributed by atoms with Crippen LogP contribution >= 0.6 is 0 Å². The Labute approximate surface area is 124 Å². The molecule has 0 aliphatic heterocycles. The second-order valence-electron chi connectivity index (χ2n) is 5.06. The molecule has 4 nitrogen and oxygen atoms in total. The largest absolute Gasteiger partial charge is 0.452 e. The van der Waals surface area contributed by atoms with Gasteiger partial charge in [0.15, 0.2) is 6.61 Å². The van der Waals surface area contributed by atoms with Crippen LogP contribution in [0.2, 0.25) is 0 Å². The first-order valence-electron chi connectivity index (χ1n) is 6.79. The number of hydrogen-bond acceptors (Lipinski definition) is 3. The van der Waals surface area contributed by atoms with E-state index < -0.39 is 11.8 Å². The van der Waals surface area contributed by atoms with Gasteiger partial charge in [0.25, 0.3) is 5.91 Å². The fourth-order valence-electron chi connectivity index (χ4n) is 1.42. The number of carbonyl (C=O) groups excluding carboxylic acids is 2.